The Labute approximate surface area is 151 Å². The summed E-state index contributed by atoms with van der Waals surface area (Å²) in [5.41, 5.74) is 4.77. The molecule has 0 amide bonds. The van der Waals surface area contributed by atoms with Crippen molar-refractivity contribution >= 4 is 11.7 Å². The van der Waals surface area contributed by atoms with E-state index in [0.29, 0.717) is 12.3 Å². The van der Waals surface area contributed by atoms with Crippen LogP contribution >= 0.6 is 0 Å². The number of hydrogen-bond donors (Lipinski definition) is 0. The van der Waals surface area contributed by atoms with E-state index in [1.54, 1.807) is 0 Å². The second-order valence-electron chi connectivity index (χ2n) is 6.55. The smallest absolute Gasteiger partial charge is 0.339 e. The maximum Gasteiger partial charge on any atom is 0.339 e. The van der Waals surface area contributed by atoms with Crippen LogP contribution in [0, 0.1) is 0 Å². The molecule has 4 heteroatoms. The predicted octanol–water partition coefficient (Wildman–Crippen LogP) is 4.30. The van der Waals surface area contributed by atoms with Crippen LogP contribution in [0.5, 0.6) is 5.75 Å². The minimum atomic E-state index is -0.351. The fourth-order valence-corrected chi connectivity index (χ4v) is 3.62. The van der Waals surface area contributed by atoms with Crippen LogP contribution in [0.2, 0.25) is 0 Å². The van der Waals surface area contributed by atoms with Gasteiger partial charge in [0.2, 0.25) is 0 Å². The number of rotatable bonds is 2. The Morgan fingerprint density at radius 1 is 0.923 bits per heavy atom. The molecule has 5 rings (SSSR count). The van der Waals surface area contributed by atoms with E-state index < -0.39 is 0 Å². The molecule has 2 aliphatic rings. The van der Waals surface area contributed by atoms with Crippen LogP contribution in [0.25, 0.3) is 0 Å². The average Bonchev–Trinajstić information content (AvgIpc) is 3.05. The minimum absolute atomic E-state index is 0.259. The number of anilines is 1. The maximum atomic E-state index is 12.1. The Kier molecular flexibility index (Phi) is 3.42. The van der Waals surface area contributed by atoms with Gasteiger partial charge < -0.3 is 14.4 Å². The van der Waals surface area contributed by atoms with Gasteiger partial charge >= 0.3 is 5.97 Å². The summed E-state index contributed by atoms with van der Waals surface area (Å²) in [6.45, 7) is 1.28. The number of ether oxygens (including phenoxy) is 2. The number of fused-ring (bicyclic) bond motifs is 2. The number of nitrogens with zero attached hydrogens (tertiary/aromatic N) is 1. The lowest BCUT2D eigenvalue weighted by atomic mass is 9.97. The van der Waals surface area contributed by atoms with Crippen LogP contribution < -0.4 is 9.64 Å². The summed E-state index contributed by atoms with van der Waals surface area (Å²) in [7, 11) is 0. The first kappa shape index (κ1) is 15.0. The van der Waals surface area contributed by atoms with E-state index in [1.807, 2.05) is 54.6 Å². The van der Waals surface area contributed by atoms with Crippen molar-refractivity contribution in [2.75, 3.05) is 11.6 Å². The highest BCUT2D eigenvalue weighted by Gasteiger charge is 2.32. The zero-order chi connectivity index (χ0) is 17.5. The Bertz CT molecular complexity index is 984. The van der Waals surface area contributed by atoms with Crippen molar-refractivity contribution in [1.29, 1.82) is 0 Å². The van der Waals surface area contributed by atoms with Gasteiger partial charge in [-0.15, -0.1) is 0 Å². The van der Waals surface area contributed by atoms with Gasteiger partial charge in [0.25, 0.3) is 0 Å². The number of cyclic esters (lactones) is 1. The normalized spacial score (nSPS) is 17.9. The van der Waals surface area contributed by atoms with Crippen LogP contribution in [0.1, 0.15) is 33.2 Å². The first-order chi connectivity index (χ1) is 12.8. The number of hydrogen-bond acceptors (Lipinski definition) is 4. The molecule has 0 spiro atoms. The SMILES string of the molecule is O=C1OC(c2ccc3c(c2)CN(c2ccccc2)CO3)c2ccccc21. The zero-order valence-electron chi connectivity index (χ0n) is 14.1. The number of carbonyl (C=O) groups excluding carboxylic acids is 1. The molecule has 26 heavy (non-hydrogen) atoms. The van der Waals surface area contributed by atoms with Gasteiger partial charge in [-0.05, 0) is 35.9 Å². The molecule has 3 aromatic rings. The predicted molar refractivity (Wildman–Crippen MR) is 98.3 cm³/mol. The molecule has 3 aromatic carbocycles. The van der Waals surface area contributed by atoms with E-state index in [9.17, 15) is 4.79 Å². The molecule has 128 valence electrons. The lowest BCUT2D eigenvalue weighted by molar-refractivity contribution is 0.0455. The fraction of sp³-hybridized carbons (Fsp3) is 0.136. The van der Waals surface area contributed by atoms with Gasteiger partial charge in [-0.25, -0.2) is 4.79 Å². The minimum Gasteiger partial charge on any atom is -0.473 e. The molecule has 1 unspecified atom stereocenters. The van der Waals surface area contributed by atoms with Crippen molar-refractivity contribution in [1.82, 2.24) is 0 Å². The molecule has 0 aromatic heterocycles. The molecule has 0 fully saturated rings. The first-order valence-electron chi connectivity index (χ1n) is 8.65. The summed E-state index contributed by atoms with van der Waals surface area (Å²) >= 11 is 0. The fourth-order valence-electron chi connectivity index (χ4n) is 3.62. The third-order valence-corrected chi connectivity index (χ3v) is 4.93. The number of carbonyl (C=O) groups is 1. The number of benzene rings is 3. The molecule has 0 bridgehead atoms. The van der Waals surface area contributed by atoms with Crippen molar-refractivity contribution in [3.05, 3.63) is 95.1 Å². The summed E-state index contributed by atoms with van der Waals surface area (Å²) in [5, 5.41) is 0. The lowest BCUT2D eigenvalue weighted by Gasteiger charge is -2.31. The van der Waals surface area contributed by atoms with Gasteiger partial charge in [-0.2, -0.15) is 0 Å². The maximum absolute atomic E-state index is 12.1. The summed E-state index contributed by atoms with van der Waals surface area (Å²) in [4.78, 5) is 14.3. The molecular weight excluding hydrogens is 326 g/mol. The molecule has 2 aliphatic heterocycles. The van der Waals surface area contributed by atoms with E-state index in [2.05, 4.69) is 23.1 Å². The monoisotopic (exact) mass is 343 g/mol. The largest absolute Gasteiger partial charge is 0.473 e. The third kappa shape index (κ3) is 2.42. The molecule has 2 heterocycles. The highest BCUT2D eigenvalue weighted by molar-refractivity contribution is 5.94. The molecule has 0 radical (unpaired) electrons. The second kappa shape index (κ2) is 5.92. The zero-order valence-corrected chi connectivity index (χ0v) is 14.1. The average molecular weight is 343 g/mol. The molecular formula is C22H17NO3. The van der Waals surface area contributed by atoms with Gasteiger partial charge in [0.05, 0.1) is 5.56 Å². The molecule has 0 N–H and O–H groups in total. The number of esters is 1. The van der Waals surface area contributed by atoms with Crippen LogP contribution in [0.3, 0.4) is 0 Å². The van der Waals surface area contributed by atoms with E-state index in [-0.39, 0.29) is 12.1 Å². The summed E-state index contributed by atoms with van der Waals surface area (Å²) in [5.74, 6) is 0.629. The Morgan fingerprint density at radius 3 is 2.62 bits per heavy atom. The topological polar surface area (TPSA) is 38.8 Å². The van der Waals surface area contributed by atoms with Gasteiger partial charge in [-0.1, -0.05) is 42.5 Å². The summed E-state index contributed by atoms with van der Waals surface area (Å²) < 4.78 is 11.5. The summed E-state index contributed by atoms with van der Waals surface area (Å²) in [6.07, 6.45) is -0.351. The van der Waals surface area contributed by atoms with Crippen LogP contribution in [-0.2, 0) is 11.3 Å². The second-order valence-corrected chi connectivity index (χ2v) is 6.55. The van der Waals surface area contributed by atoms with Gasteiger partial charge in [0, 0.05) is 23.4 Å². The van der Waals surface area contributed by atoms with Crippen LogP contribution in [-0.4, -0.2) is 12.7 Å². The van der Waals surface area contributed by atoms with Crippen molar-refractivity contribution in [2.24, 2.45) is 0 Å². The van der Waals surface area contributed by atoms with Gasteiger partial charge in [-0.3, -0.25) is 0 Å². The summed E-state index contributed by atoms with van der Waals surface area (Å²) in [6, 6.07) is 23.8. The van der Waals surface area contributed by atoms with E-state index in [0.717, 1.165) is 34.7 Å². The number of para-hydroxylation sites is 1. The van der Waals surface area contributed by atoms with Crippen molar-refractivity contribution in [2.45, 2.75) is 12.6 Å². The van der Waals surface area contributed by atoms with Crippen molar-refractivity contribution < 1.29 is 14.3 Å². The van der Waals surface area contributed by atoms with E-state index in [4.69, 9.17) is 9.47 Å². The molecule has 4 nitrogen and oxygen atoms in total. The third-order valence-electron chi connectivity index (χ3n) is 4.93. The molecule has 0 aliphatic carbocycles. The van der Waals surface area contributed by atoms with Crippen LogP contribution in [0.15, 0.2) is 72.8 Å². The Morgan fingerprint density at radius 2 is 1.73 bits per heavy atom. The first-order valence-corrected chi connectivity index (χ1v) is 8.65. The quantitative estimate of drug-likeness (QED) is 0.650. The molecule has 1 atom stereocenters. The Balaban J connectivity index is 1.48. The standard InChI is InChI=1S/C22H17NO3/c24-22-19-9-5-4-8-18(19)21(26-22)15-10-11-20-16(12-15)13-23(14-25-20)17-6-2-1-3-7-17/h1-12,21H,13-14H2. The van der Waals surface area contributed by atoms with Crippen molar-refractivity contribution in [3.63, 3.8) is 0 Å². The van der Waals surface area contributed by atoms with Crippen molar-refractivity contribution in [3.8, 4) is 5.75 Å². The van der Waals surface area contributed by atoms with E-state index >= 15 is 0 Å². The van der Waals surface area contributed by atoms with Gasteiger partial charge in [0.1, 0.15) is 5.75 Å². The van der Waals surface area contributed by atoms with Gasteiger partial charge in [0.15, 0.2) is 12.8 Å². The molecule has 0 saturated carbocycles. The highest BCUT2D eigenvalue weighted by atomic mass is 16.5. The highest BCUT2D eigenvalue weighted by Crippen LogP contribution is 2.38. The van der Waals surface area contributed by atoms with Crippen LogP contribution in [0.4, 0.5) is 5.69 Å². The van der Waals surface area contributed by atoms with E-state index in [1.165, 1.54) is 0 Å². The Hall–Kier alpha value is -3.27. The lowest BCUT2D eigenvalue weighted by Crippen LogP contribution is -2.31. The molecule has 0 saturated heterocycles.